The molecular weight excluding hydrogens is 2470 g/mol. The number of hydrogen-bond acceptors (Lipinski definition) is 9. The normalized spacial score (nSPS) is 12.6. The van der Waals surface area contributed by atoms with Crippen molar-refractivity contribution in [3.63, 3.8) is 0 Å². The zero-order chi connectivity index (χ0) is 106. The first-order chi connectivity index (χ1) is 66.8. The second-order valence-electron chi connectivity index (χ2n) is 44.5. The SMILES string of the molecule is CC(C)(C)c1c[c-]c(-c2cc(-c3ccccc3)c3c[c]([Ge]([CH3])([CH3])[CH3])ccc3n2)cc1.CC(C)C(O)=CC(=O)C(C)(C)C.CCC(C)(C)C(=O)C=C(O)C(C)(C)CC.CCC(C)(CC)C(=O)C=C(O)C(C)(CC)CC.Cc1[c-]c(-c2cc(-c3ccccc3)c3c[c]([Ge]([CH3])([CH3])[CH3])ccc3n2)cc(-c2ccccc2)c1.[2H]C([2H])([2H])c1c[c-]c(-c2cc(-c3ccccc3)c3c[c]([Ge]([CH3])([CH3])[CH3])ccc3n2)cc1-c1ccccc1.[Ir].[Ir].[Ir]. The fourth-order valence-corrected chi connectivity index (χ4v) is 22.6. The van der Waals surface area contributed by atoms with Gasteiger partial charge in [0.1, 0.15) is 11.5 Å². The van der Waals surface area contributed by atoms with Crippen LogP contribution >= 0.6 is 0 Å². The first-order valence-corrected chi connectivity index (χ1v) is 72.0. The smallest absolute Gasteiger partial charge is 0 e. The second-order valence-corrected chi connectivity index (χ2v) is 76.4. The number of benzene rings is 11. The molecule has 0 aliphatic rings. The summed E-state index contributed by atoms with van der Waals surface area (Å²) >= 11 is -5.95. The van der Waals surface area contributed by atoms with Gasteiger partial charge in [-0.3, -0.25) is 14.4 Å². The van der Waals surface area contributed by atoms with Crippen LogP contribution in [0.3, 0.4) is 0 Å². The monoisotopic (exact) mass is 2630 g/mol. The van der Waals surface area contributed by atoms with Gasteiger partial charge in [-0.15, -0.1) is 0 Å². The number of aliphatic hydroxyl groups is 3. The average molecular weight is 2630 g/mol. The molecule has 0 aliphatic carbocycles. The van der Waals surface area contributed by atoms with Gasteiger partial charge in [-0.2, -0.15) is 0 Å². The third-order valence-electron chi connectivity index (χ3n) is 27.5. The zero-order valence-corrected chi connectivity index (χ0v) is 104. The van der Waals surface area contributed by atoms with E-state index in [9.17, 15) is 29.7 Å². The summed E-state index contributed by atoms with van der Waals surface area (Å²) in [5.74, 6) is 22.5. The molecule has 0 aliphatic heterocycles. The van der Waals surface area contributed by atoms with Crippen LogP contribution in [-0.2, 0) is 80.1 Å². The number of nitrogens with zero attached hydrogens (tertiary/aromatic N) is 3. The van der Waals surface area contributed by atoms with Crippen molar-refractivity contribution in [3.05, 3.63) is 337 Å². The number of rotatable bonds is 25. The largest absolute Gasteiger partial charge is 0 e. The van der Waals surface area contributed by atoms with Crippen LogP contribution in [0.25, 0.3) is 122 Å². The van der Waals surface area contributed by atoms with E-state index in [0.717, 1.165) is 116 Å². The Labute approximate surface area is 911 Å². The Hall–Kier alpha value is -9.14. The maximum Gasteiger partial charge on any atom is 0 e. The summed E-state index contributed by atoms with van der Waals surface area (Å²) in [5.41, 5.74) is 20.9. The van der Waals surface area contributed by atoms with Gasteiger partial charge in [0.2, 0.25) is 0 Å². The molecule has 0 spiro atoms. The summed E-state index contributed by atoms with van der Waals surface area (Å²) in [6.07, 6.45) is 9.07. The molecule has 0 saturated heterocycles. The number of aliphatic hydroxyl groups excluding tert-OH is 3. The summed E-state index contributed by atoms with van der Waals surface area (Å²) < 4.78 is 28.6. The third kappa shape index (κ3) is 33.4. The van der Waals surface area contributed by atoms with Crippen LogP contribution in [0.2, 0.25) is 51.8 Å². The molecule has 143 heavy (non-hydrogen) atoms. The Kier molecular flexibility index (Phi) is 43.5. The molecule has 0 atom stereocenters. The van der Waals surface area contributed by atoms with Crippen LogP contribution in [0.15, 0.2) is 302 Å². The van der Waals surface area contributed by atoms with Crippen molar-refractivity contribution in [3.8, 4) is 89.4 Å². The fraction of sp³-hybridized carbons (Fsp3) is 0.344. The molecule has 3 N–H and O–H groups in total. The van der Waals surface area contributed by atoms with Gasteiger partial charge in [0.25, 0.3) is 0 Å². The van der Waals surface area contributed by atoms with E-state index < -0.39 is 52.1 Å². The molecular formula is C128H156Ge3Ir3N3O6-3. The van der Waals surface area contributed by atoms with Crippen molar-refractivity contribution in [2.45, 2.75) is 248 Å². The molecule has 14 rings (SSSR count). The van der Waals surface area contributed by atoms with Gasteiger partial charge < -0.3 is 15.3 Å². The van der Waals surface area contributed by atoms with Crippen LogP contribution in [0.5, 0.6) is 0 Å². The number of ketones is 3. The Morgan fingerprint density at radius 2 is 0.720 bits per heavy atom. The first-order valence-electron chi connectivity index (χ1n) is 51.5. The fourth-order valence-electron chi connectivity index (χ4n) is 15.3. The Bertz CT molecular complexity index is 6800. The minimum Gasteiger partial charge on any atom is 0 e. The minimum atomic E-state index is -2.24. The van der Waals surface area contributed by atoms with E-state index in [0.29, 0.717) is 11.1 Å². The number of carbonyl (C=O) groups is 3. The van der Waals surface area contributed by atoms with Gasteiger partial charge in [0.15, 0.2) is 17.3 Å². The van der Waals surface area contributed by atoms with Crippen molar-refractivity contribution in [1.29, 1.82) is 0 Å². The van der Waals surface area contributed by atoms with Crippen LogP contribution in [0, 0.1) is 65.0 Å². The number of carbonyl (C=O) groups excluding carboxylic acids is 3. The molecule has 0 amide bonds. The molecule has 14 aromatic rings. The van der Waals surface area contributed by atoms with Gasteiger partial charge in [0.05, 0.1) is 5.76 Å². The van der Waals surface area contributed by atoms with Crippen LogP contribution in [-0.4, -0.2) is 87.4 Å². The summed E-state index contributed by atoms with van der Waals surface area (Å²) in [4.78, 5) is 50.5. The maximum atomic E-state index is 12.2. The quantitative estimate of drug-likeness (QED) is 0.0220. The van der Waals surface area contributed by atoms with Gasteiger partial charge >= 0.3 is 576 Å². The van der Waals surface area contributed by atoms with E-state index in [1.54, 1.807) is 6.07 Å². The van der Waals surface area contributed by atoms with Crippen molar-refractivity contribution >= 4 is 103 Å². The van der Waals surface area contributed by atoms with Crippen molar-refractivity contribution in [2.75, 3.05) is 0 Å². The van der Waals surface area contributed by atoms with E-state index in [2.05, 4.69) is 316 Å². The predicted molar refractivity (Wildman–Crippen MR) is 609 cm³/mol. The number of aromatic nitrogens is 3. The van der Waals surface area contributed by atoms with E-state index in [-0.39, 0.29) is 128 Å². The van der Waals surface area contributed by atoms with Crippen molar-refractivity contribution < 1.29 is 94.1 Å². The topological polar surface area (TPSA) is 151 Å². The number of hydrogen-bond donors (Lipinski definition) is 3. The number of pyridine rings is 3. The number of allylic oxidation sites excluding steroid dienone is 6. The average Bonchev–Trinajstić information content (AvgIpc) is 0.773. The molecule has 3 radical (unpaired) electrons. The van der Waals surface area contributed by atoms with Crippen LogP contribution in [0.4, 0.5) is 0 Å². The molecule has 11 aromatic carbocycles. The van der Waals surface area contributed by atoms with Crippen molar-refractivity contribution in [1.82, 2.24) is 15.0 Å². The van der Waals surface area contributed by atoms with Gasteiger partial charge in [-0.1, -0.05) is 130 Å². The van der Waals surface area contributed by atoms with Gasteiger partial charge in [0, 0.05) is 112 Å². The third-order valence-corrected chi connectivity index (χ3v) is 40.4. The van der Waals surface area contributed by atoms with E-state index in [4.69, 9.17) is 19.1 Å². The Balaban J connectivity index is 0.000000278. The predicted octanol–water partition coefficient (Wildman–Crippen LogP) is 34.2. The second kappa shape index (κ2) is 53.0. The van der Waals surface area contributed by atoms with E-state index in [1.165, 1.54) is 81.1 Å². The summed E-state index contributed by atoms with van der Waals surface area (Å²) in [6.45, 7) is 39.5. The summed E-state index contributed by atoms with van der Waals surface area (Å²) in [5, 5.41) is 32.9. The summed E-state index contributed by atoms with van der Waals surface area (Å²) in [7, 11) is 0. The molecule has 0 fully saturated rings. The molecule has 0 unspecified atom stereocenters. The molecule has 0 saturated carbocycles. The number of aryl methyl sites for hydroxylation is 2. The van der Waals surface area contributed by atoms with Crippen LogP contribution in [0.1, 0.15) is 198 Å². The molecule has 15 heteroatoms. The van der Waals surface area contributed by atoms with Gasteiger partial charge in [-0.25, -0.2) is 0 Å². The Morgan fingerprint density at radius 3 is 1.06 bits per heavy atom. The summed E-state index contributed by atoms with van der Waals surface area (Å²) in [6, 6.07) is 104. The molecule has 0 bridgehead atoms. The molecule has 3 heterocycles. The van der Waals surface area contributed by atoms with Gasteiger partial charge in [-0.05, 0) is 38.5 Å². The maximum absolute atomic E-state index is 12.2. The molecule has 9 nitrogen and oxygen atoms in total. The van der Waals surface area contributed by atoms with E-state index >= 15 is 0 Å². The standard InChI is InChI=1S/2C31H28GeN.C28H30GeN.C15H28O2.C13H24O2.C10H18O2.3Ir/c1-22-17-25(23-11-7-5-8-12-23)19-26(18-22)31-21-28(24-13-9-6-10-14-24)29-20-27(32(2,3)4)15-16-30(29)33-31;1-22-15-16-25(19-27(22)23-11-7-5-8-12-23)31-21-28(24-13-9-6-10-14-24)29-20-26(32(2,3)4)17-18-30(29)33-31;1-28(2,3)22-14-12-21(13-15-22)27-19-24(20-10-8-7-9-11-20)25-18-23(29(4,5)6)16-17-26(25)30-27;1-7-14(5,8-2)12(16)11-13(17)15(6,9-3)10-4;1-7-12(3,4)10(14)9-11(15)13(5,6)8-2;1-7(2)8(11)6-9(12)10(3,4)5;;;/h5-17,19-21H,1-4H3;5-15,17-21H,1-4H3;7-12,14-19H,1-6H3;11,16H,7-10H2,1-6H3;9,14H,7-8H2,1-6H3;6-7,11H,1-5H3;;;/q3*-1;;;;;;/i;1D3;;;;;;;. The number of fused-ring (bicyclic) bond motifs is 3. The Morgan fingerprint density at radius 1 is 0.364 bits per heavy atom. The van der Waals surface area contributed by atoms with Crippen molar-refractivity contribution in [2.24, 2.45) is 33.0 Å². The molecule has 3 aromatic heterocycles. The minimum absolute atomic E-state index is 0. The molecule has 761 valence electrons. The zero-order valence-electron chi connectivity index (χ0n) is 93.4. The van der Waals surface area contributed by atoms with Crippen LogP contribution < -0.4 is 13.2 Å². The first kappa shape index (κ1) is 117. The van der Waals surface area contributed by atoms with E-state index in [1.807, 2.05) is 160 Å².